The second-order valence-electron chi connectivity index (χ2n) is 5.48. The van der Waals surface area contributed by atoms with Gasteiger partial charge in [-0.3, -0.25) is 4.98 Å². The van der Waals surface area contributed by atoms with Gasteiger partial charge >= 0.3 is 0 Å². The van der Waals surface area contributed by atoms with E-state index in [1.807, 2.05) is 44.2 Å². The van der Waals surface area contributed by atoms with Gasteiger partial charge in [0.05, 0.1) is 15.5 Å². The molecule has 0 aliphatic heterocycles. The van der Waals surface area contributed by atoms with E-state index in [1.54, 1.807) is 36.5 Å². The van der Waals surface area contributed by atoms with E-state index in [0.717, 1.165) is 11.1 Å². The van der Waals surface area contributed by atoms with Crippen LogP contribution in [0.4, 0.5) is 0 Å². The molecule has 0 fully saturated rings. The van der Waals surface area contributed by atoms with Crippen LogP contribution in [0.25, 0.3) is 11.3 Å². The van der Waals surface area contributed by atoms with Crippen LogP contribution in [0.5, 0.6) is 0 Å². The van der Waals surface area contributed by atoms with Crippen LogP contribution in [0.15, 0.2) is 76.7 Å². The molecule has 0 radical (unpaired) electrons. The van der Waals surface area contributed by atoms with Crippen LogP contribution in [0.3, 0.4) is 0 Å². The molecule has 0 spiro atoms. The van der Waals surface area contributed by atoms with Crippen LogP contribution >= 0.6 is 0 Å². The predicted octanol–water partition coefficient (Wildman–Crippen LogP) is 4.20. The summed E-state index contributed by atoms with van der Waals surface area (Å²) in [4.78, 5) is 4.94. The monoisotopic (exact) mass is 323 g/mol. The summed E-state index contributed by atoms with van der Waals surface area (Å²) in [5, 5.41) is 0. The van der Waals surface area contributed by atoms with Crippen LogP contribution in [-0.2, 0) is 9.84 Å². The summed E-state index contributed by atoms with van der Waals surface area (Å²) < 4.78 is 26.0. The van der Waals surface area contributed by atoms with Crippen molar-refractivity contribution in [3.05, 3.63) is 78.0 Å². The third-order valence-electron chi connectivity index (χ3n) is 3.77. The number of rotatable bonds is 3. The van der Waals surface area contributed by atoms with Gasteiger partial charge in [-0.15, -0.1) is 0 Å². The van der Waals surface area contributed by atoms with E-state index in [2.05, 4.69) is 4.98 Å². The lowest BCUT2D eigenvalue weighted by atomic mass is 10.1. The smallest absolute Gasteiger partial charge is 0.207 e. The minimum absolute atomic E-state index is 0.283. The Kier molecular flexibility index (Phi) is 4.01. The molecule has 3 nitrogen and oxygen atoms in total. The Hall–Kier alpha value is -2.46. The number of benzene rings is 2. The lowest BCUT2D eigenvalue weighted by Crippen LogP contribution is -2.05. The molecule has 116 valence electrons. The molecule has 0 aliphatic rings. The molecule has 0 bridgehead atoms. The van der Waals surface area contributed by atoms with Crippen molar-refractivity contribution in [3.63, 3.8) is 0 Å². The van der Waals surface area contributed by atoms with Crippen LogP contribution in [-0.4, -0.2) is 13.4 Å². The summed E-state index contributed by atoms with van der Waals surface area (Å²) in [6.07, 6.45) is 1.68. The molecule has 0 N–H and O–H groups in total. The highest BCUT2D eigenvalue weighted by Gasteiger charge is 2.22. The molecule has 0 saturated carbocycles. The second-order valence-corrected chi connectivity index (χ2v) is 7.40. The first-order chi connectivity index (χ1) is 11.0. The Morgan fingerprint density at radius 3 is 2.22 bits per heavy atom. The van der Waals surface area contributed by atoms with Gasteiger partial charge in [0.15, 0.2) is 0 Å². The third kappa shape index (κ3) is 2.90. The van der Waals surface area contributed by atoms with Crippen LogP contribution in [0, 0.1) is 13.8 Å². The number of aromatic nitrogens is 1. The van der Waals surface area contributed by atoms with E-state index >= 15 is 0 Å². The summed E-state index contributed by atoms with van der Waals surface area (Å²) in [6.45, 7) is 3.86. The summed E-state index contributed by atoms with van der Waals surface area (Å²) in [6, 6.07) is 17.7. The van der Waals surface area contributed by atoms with Crippen molar-refractivity contribution in [2.24, 2.45) is 0 Å². The van der Waals surface area contributed by atoms with E-state index in [9.17, 15) is 8.42 Å². The fraction of sp³-hybridized carbons (Fsp3) is 0.105. The van der Waals surface area contributed by atoms with Gasteiger partial charge < -0.3 is 0 Å². The zero-order valence-corrected chi connectivity index (χ0v) is 13.8. The SMILES string of the molecule is Cc1ccc(S(=O)(=O)c2ccccc2-c2ncccc2C)cc1. The molecule has 23 heavy (non-hydrogen) atoms. The molecular weight excluding hydrogens is 306 g/mol. The van der Waals surface area contributed by atoms with Gasteiger partial charge in [0, 0.05) is 11.8 Å². The van der Waals surface area contributed by atoms with Crippen molar-refractivity contribution in [2.45, 2.75) is 23.6 Å². The summed E-state index contributed by atoms with van der Waals surface area (Å²) in [7, 11) is -3.59. The fourth-order valence-electron chi connectivity index (χ4n) is 2.51. The molecule has 0 aliphatic carbocycles. The highest BCUT2D eigenvalue weighted by Crippen LogP contribution is 2.31. The van der Waals surface area contributed by atoms with Crippen LogP contribution in [0.1, 0.15) is 11.1 Å². The quantitative estimate of drug-likeness (QED) is 0.726. The number of nitrogens with zero attached hydrogens (tertiary/aromatic N) is 1. The number of hydrogen-bond donors (Lipinski definition) is 0. The van der Waals surface area contributed by atoms with E-state index < -0.39 is 9.84 Å². The van der Waals surface area contributed by atoms with E-state index in [4.69, 9.17) is 0 Å². The zero-order valence-electron chi connectivity index (χ0n) is 13.0. The highest BCUT2D eigenvalue weighted by molar-refractivity contribution is 7.91. The van der Waals surface area contributed by atoms with Gasteiger partial charge in [0.1, 0.15) is 0 Å². The lowest BCUT2D eigenvalue weighted by molar-refractivity contribution is 0.596. The van der Waals surface area contributed by atoms with Crippen LogP contribution in [0.2, 0.25) is 0 Å². The van der Waals surface area contributed by atoms with Crippen molar-refractivity contribution in [1.82, 2.24) is 4.98 Å². The van der Waals surface area contributed by atoms with E-state index in [-0.39, 0.29) is 4.90 Å². The molecule has 0 atom stereocenters. The Balaban J connectivity index is 2.22. The Morgan fingerprint density at radius 2 is 1.52 bits per heavy atom. The maximum absolute atomic E-state index is 13.0. The average molecular weight is 323 g/mol. The van der Waals surface area contributed by atoms with Gasteiger partial charge in [0.2, 0.25) is 9.84 Å². The number of hydrogen-bond acceptors (Lipinski definition) is 3. The molecule has 1 aromatic heterocycles. The fourth-order valence-corrected chi connectivity index (χ4v) is 3.97. The van der Waals surface area contributed by atoms with Gasteiger partial charge in [-0.05, 0) is 43.7 Å². The van der Waals surface area contributed by atoms with Crippen molar-refractivity contribution >= 4 is 9.84 Å². The average Bonchev–Trinajstić information content (AvgIpc) is 2.56. The first-order valence-corrected chi connectivity index (χ1v) is 8.81. The molecule has 2 aromatic carbocycles. The molecule has 0 saturated heterocycles. The summed E-state index contributed by atoms with van der Waals surface area (Å²) in [5.74, 6) is 0. The molecular formula is C19H17NO2S. The van der Waals surface area contributed by atoms with Crippen molar-refractivity contribution in [2.75, 3.05) is 0 Å². The summed E-state index contributed by atoms with van der Waals surface area (Å²) >= 11 is 0. The minimum Gasteiger partial charge on any atom is -0.256 e. The minimum atomic E-state index is -3.59. The molecule has 1 heterocycles. The highest BCUT2D eigenvalue weighted by atomic mass is 32.2. The Labute approximate surface area is 136 Å². The third-order valence-corrected chi connectivity index (χ3v) is 5.60. The van der Waals surface area contributed by atoms with Crippen molar-refractivity contribution in [3.8, 4) is 11.3 Å². The predicted molar refractivity (Wildman–Crippen MR) is 91.0 cm³/mol. The summed E-state index contributed by atoms with van der Waals surface area (Å²) in [5.41, 5.74) is 3.29. The maximum Gasteiger partial charge on any atom is 0.207 e. The largest absolute Gasteiger partial charge is 0.256 e. The maximum atomic E-state index is 13.0. The Bertz CT molecular complexity index is 945. The van der Waals surface area contributed by atoms with Gasteiger partial charge in [0.25, 0.3) is 0 Å². The van der Waals surface area contributed by atoms with Gasteiger partial charge in [-0.2, -0.15) is 0 Å². The van der Waals surface area contributed by atoms with Crippen LogP contribution < -0.4 is 0 Å². The van der Waals surface area contributed by atoms with Gasteiger partial charge in [-0.25, -0.2) is 8.42 Å². The Morgan fingerprint density at radius 1 is 0.826 bits per heavy atom. The molecule has 4 heteroatoms. The lowest BCUT2D eigenvalue weighted by Gasteiger charge is -2.12. The molecule has 0 amide bonds. The van der Waals surface area contributed by atoms with E-state index in [0.29, 0.717) is 16.2 Å². The zero-order chi connectivity index (χ0) is 16.4. The van der Waals surface area contributed by atoms with Crippen molar-refractivity contribution in [1.29, 1.82) is 0 Å². The van der Waals surface area contributed by atoms with Gasteiger partial charge in [-0.1, -0.05) is 42.0 Å². The molecule has 3 aromatic rings. The number of aryl methyl sites for hydroxylation is 2. The second kappa shape index (κ2) is 5.97. The standard InChI is InChI=1S/C19H17NO2S/c1-14-9-11-16(12-10-14)23(21,22)18-8-4-3-7-17(18)19-15(2)6-5-13-20-19/h3-13H,1-2H3. The molecule has 3 rings (SSSR count). The number of sulfone groups is 1. The first-order valence-electron chi connectivity index (χ1n) is 7.33. The first kappa shape index (κ1) is 15.4. The normalized spacial score (nSPS) is 11.4. The topological polar surface area (TPSA) is 47.0 Å². The van der Waals surface area contributed by atoms with E-state index in [1.165, 1.54) is 0 Å². The number of pyridine rings is 1. The molecule has 0 unspecified atom stereocenters. The van der Waals surface area contributed by atoms with Crippen molar-refractivity contribution < 1.29 is 8.42 Å².